The molecule has 0 unspecified atom stereocenters. The number of nitrogens with zero attached hydrogens (tertiary/aromatic N) is 4. The molecule has 8 aromatic rings. The highest BCUT2D eigenvalue weighted by atomic mass is 16.4. The standard InChI is InChI=1S/C41H28N4O2/c1-3-7-30(8-4-1)32-19-23-36(24-20-32)40-44-42-38(46-40)34-15-11-28(12-16-34)27-29-13-17-35(18-14-29)39-43-45-41(47-39)37-25-21-33(22-26-37)31-9-5-2-6-10-31/h1-26H,27H2. The van der Waals surface area contributed by atoms with Gasteiger partial charge in [-0.25, -0.2) is 0 Å². The predicted molar refractivity (Wildman–Crippen MR) is 184 cm³/mol. The molecule has 0 bridgehead atoms. The summed E-state index contributed by atoms with van der Waals surface area (Å²) in [6.07, 6.45) is 0.784. The number of hydrogen-bond acceptors (Lipinski definition) is 6. The van der Waals surface area contributed by atoms with Crippen LogP contribution in [0.15, 0.2) is 167 Å². The largest absolute Gasteiger partial charge is 0.416 e. The van der Waals surface area contributed by atoms with Gasteiger partial charge in [0, 0.05) is 22.3 Å². The highest BCUT2D eigenvalue weighted by molar-refractivity contribution is 5.69. The van der Waals surface area contributed by atoms with E-state index in [4.69, 9.17) is 8.83 Å². The fourth-order valence-corrected chi connectivity index (χ4v) is 5.55. The van der Waals surface area contributed by atoms with Gasteiger partial charge in [-0.3, -0.25) is 0 Å². The Kier molecular flexibility index (Phi) is 7.50. The van der Waals surface area contributed by atoms with Gasteiger partial charge in [0.15, 0.2) is 0 Å². The minimum absolute atomic E-state index is 0.495. The zero-order valence-corrected chi connectivity index (χ0v) is 25.3. The van der Waals surface area contributed by atoms with Crippen LogP contribution in [0.25, 0.3) is 68.1 Å². The maximum absolute atomic E-state index is 6.03. The lowest BCUT2D eigenvalue weighted by Gasteiger charge is -2.04. The van der Waals surface area contributed by atoms with Crippen LogP contribution >= 0.6 is 0 Å². The molecule has 0 amide bonds. The van der Waals surface area contributed by atoms with Crippen molar-refractivity contribution in [3.8, 4) is 68.1 Å². The molecule has 0 aliphatic rings. The molecule has 6 nitrogen and oxygen atoms in total. The molecular weight excluding hydrogens is 580 g/mol. The van der Waals surface area contributed by atoms with Gasteiger partial charge in [-0.05, 0) is 88.3 Å². The molecule has 2 heterocycles. The third-order valence-electron chi connectivity index (χ3n) is 8.14. The Morgan fingerprint density at radius 2 is 0.532 bits per heavy atom. The molecule has 0 atom stereocenters. The van der Waals surface area contributed by atoms with Crippen molar-refractivity contribution in [2.24, 2.45) is 0 Å². The molecular formula is C41H28N4O2. The van der Waals surface area contributed by atoms with Gasteiger partial charge in [-0.2, -0.15) is 0 Å². The monoisotopic (exact) mass is 608 g/mol. The first-order valence-electron chi connectivity index (χ1n) is 15.4. The van der Waals surface area contributed by atoms with Gasteiger partial charge >= 0.3 is 0 Å². The smallest absolute Gasteiger partial charge is 0.248 e. The molecule has 0 aliphatic heterocycles. The van der Waals surface area contributed by atoms with E-state index in [2.05, 4.69) is 93.2 Å². The number of rotatable bonds is 8. The number of benzene rings is 6. The van der Waals surface area contributed by atoms with Crippen LogP contribution < -0.4 is 0 Å². The van der Waals surface area contributed by atoms with Crippen LogP contribution in [-0.4, -0.2) is 20.4 Å². The zero-order valence-electron chi connectivity index (χ0n) is 25.3. The molecule has 224 valence electrons. The van der Waals surface area contributed by atoms with Crippen molar-refractivity contribution >= 4 is 0 Å². The highest BCUT2D eigenvalue weighted by Gasteiger charge is 2.13. The van der Waals surface area contributed by atoms with Crippen molar-refractivity contribution in [2.75, 3.05) is 0 Å². The summed E-state index contributed by atoms with van der Waals surface area (Å²) in [4.78, 5) is 0. The highest BCUT2D eigenvalue weighted by Crippen LogP contribution is 2.29. The lowest BCUT2D eigenvalue weighted by atomic mass is 10.0. The Hall–Kier alpha value is -6.40. The summed E-state index contributed by atoms with van der Waals surface area (Å²) in [5.41, 5.74) is 10.5. The summed E-state index contributed by atoms with van der Waals surface area (Å²) < 4.78 is 12.1. The zero-order chi connectivity index (χ0) is 31.4. The van der Waals surface area contributed by atoms with Crippen LogP contribution in [0.3, 0.4) is 0 Å². The van der Waals surface area contributed by atoms with Crippen molar-refractivity contribution in [3.05, 3.63) is 169 Å². The first-order chi connectivity index (χ1) is 23.2. The Morgan fingerprint density at radius 1 is 0.277 bits per heavy atom. The van der Waals surface area contributed by atoms with Gasteiger partial charge in [0.05, 0.1) is 0 Å². The van der Waals surface area contributed by atoms with Crippen molar-refractivity contribution in [3.63, 3.8) is 0 Å². The first-order valence-corrected chi connectivity index (χ1v) is 15.4. The molecule has 0 aliphatic carbocycles. The van der Waals surface area contributed by atoms with E-state index in [0.29, 0.717) is 23.6 Å². The second kappa shape index (κ2) is 12.5. The molecule has 2 aromatic heterocycles. The van der Waals surface area contributed by atoms with Crippen LogP contribution in [-0.2, 0) is 6.42 Å². The van der Waals surface area contributed by atoms with E-state index in [0.717, 1.165) is 39.8 Å². The fourth-order valence-electron chi connectivity index (χ4n) is 5.55. The molecule has 0 radical (unpaired) electrons. The van der Waals surface area contributed by atoms with Crippen LogP contribution in [0.4, 0.5) is 0 Å². The van der Waals surface area contributed by atoms with Gasteiger partial charge in [0.2, 0.25) is 23.6 Å². The van der Waals surface area contributed by atoms with Crippen molar-refractivity contribution in [1.29, 1.82) is 0 Å². The number of aromatic nitrogens is 4. The van der Waals surface area contributed by atoms with E-state index in [1.165, 1.54) is 22.3 Å². The summed E-state index contributed by atoms with van der Waals surface area (Å²) in [6, 6.07) is 53.3. The molecule has 0 spiro atoms. The van der Waals surface area contributed by atoms with E-state index in [1.807, 2.05) is 84.9 Å². The summed E-state index contributed by atoms with van der Waals surface area (Å²) in [6.45, 7) is 0. The van der Waals surface area contributed by atoms with Crippen LogP contribution in [0.2, 0.25) is 0 Å². The first kappa shape index (κ1) is 28.1. The average molecular weight is 609 g/mol. The average Bonchev–Trinajstić information content (AvgIpc) is 3.85. The van der Waals surface area contributed by atoms with E-state index in [9.17, 15) is 0 Å². The van der Waals surface area contributed by atoms with Crippen LogP contribution in [0.5, 0.6) is 0 Å². The maximum Gasteiger partial charge on any atom is 0.248 e. The molecule has 0 fully saturated rings. The molecule has 0 saturated carbocycles. The van der Waals surface area contributed by atoms with E-state index >= 15 is 0 Å². The van der Waals surface area contributed by atoms with Crippen LogP contribution in [0, 0.1) is 0 Å². The molecule has 0 N–H and O–H groups in total. The summed E-state index contributed by atoms with van der Waals surface area (Å²) in [5.74, 6) is 1.99. The number of hydrogen-bond donors (Lipinski definition) is 0. The molecule has 6 aromatic carbocycles. The Balaban J connectivity index is 0.905. The van der Waals surface area contributed by atoms with Crippen molar-refractivity contribution < 1.29 is 8.83 Å². The molecule has 47 heavy (non-hydrogen) atoms. The fraction of sp³-hybridized carbons (Fsp3) is 0.0244. The quantitative estimate of drug-likeness (QED) is 0.171. The van der Waals surface area contributed by atoms with Crippen molar-refractivity contribution in [1.82, 2.24) is 20.4 Å². The van der Waals surface area contributed by atoms with Gasteiger partial charge in [0.25, 0.3) is 0 Å². The third-order valence-corrected chi connectivity index (χ3v) is 8.14. The summed E-state index contributed by atoms with van der Waals surface area (Å²) >= 11 is 0. The van der Waals surface area contributed by atoms with Gasteiger partial charge in [-0.1, -0.05) is 109 Å². The third kappa shape index (κ3) is 6.13. The van der Waals surface area contributed by atoms with Gasteiger partial charge in [0.1, 0.15) is 0 Å². The van der Waals surface area contributed by atoms with E-state index in [-0.39, 0.29) is 0 Å². The van der Waals surface area contributed by atoms with E-state index in [1.54, 1.807) is 0 Å². The second-order valence-electron chi connectivity index (χ2n) is 11.3. The Morgan fingerprint density at radius 3 is 0.851 bits per heavy atom. The normalized spacial score (nSPS) is 11.1. The maximum atomic E-state index is 6.03. The molecule has 0 saturated heterocycles. The van der Waals surface area contributed by atoms with Crippen molar-refractivity contribution in [2.45, 2.75) is 6.42 Å². The van der Waals surface area contributed by atoms with Gasteiger partial charge in [-0.15, -0.1) is 20.4 Å². The van der Waals surface area contributed by atoms with Gasteiger partial charge < -0.3 is 8.83 Å². The van der Waals surface area contributed by atoms with Crippen LogP contribution in [0.1, 0.15) is 11.1 Å². The lowest BCUT2D eigenvalue weighted by Crippen LogP contribution is -1.89. The predicted octanol–water partition coefficient (Wildman–Crippen LogP) is 10.0. The lowest BCUT2D eigenvalue weighted by molar-refractivity contribution is 0.584. The minimum atomic E-state index is 0.495. The topological polar surface area (TPSA) is 77.8 Å². The molecule has 6 heteroatoms. The summed E-state index contributed by atoms with van der Waals surface area (Å²) in [5, 5.41) is 17.2. The SMILES string of the molecule is c1ccc(-c2ccc(-c3nnc(-c4ccc(Cc5ccc(-c6nnc(-c7ccc(-c8ccccc8)cc7)o6)cc5)cc4)o3)cc2)cc1. The summed E-state index contributed by atoms with van der Waals surface area (Å²) in [7, 11) is 0. The Bertz CT molecular complexity index is 2060. The minimum Gasteiger partial charge on any atom is -0.416 e. The molecule has 8 rings (SSSR count). The van der Waals surface area contributed by atoms with E-state index < -0.39 is 0 Å². The second-order valence-corrected chi connectivity index (χ2v) is 11.3. The Labute approximate surface area is 272 Å².